The first-order valence-corrected chi connectivity index (χ1v) is 9.17. The zero-order valence-corrected chi connectivity index (χ0v) is 14.3. The second-order valence-corrected chi connectivity index (χ2v) is 7.18. The summed E-state index contributed by atoms with van der Waals surface area (Å²) < 4.78 is 5.19. The van der Waals surface area contributed by atoms with Gasteiger partial charge in [-0.15, -0.1) is 0 Å². The maximum absolute atomic E-state index is 5.19. The molecule has 1 unspecified atom stereocenters. The van der Waals surface area contributed by atoms with Crippen LogP contribution in [0.3, 0.4) is 0 Å². The molecule has 0 aromatic rings. The fraction of sp³-hybridized carbons (Fsp3) is 0.933. The molecule has 21 heavy (non-hydrogen) atoms. The van der Waals surface area contributed by atoms with Gasteiger partial charge in [0.2, 0.25) is 0 Å². The van der Waals surface area contributed by atoms with Gasteiger partial charge in [0, 0.05) is 51.6 Å². The molecule has 1 aliphatic carbocycles. The largest absolute Gasteiger partial charge is 0.383 e. The van der Waals surface area contributed by atoms with E-state index >= 15 is 0 Å². The summed E-state index contributed by atoms with van der Waals surface area (Å²) in [5.74, 6) is 2.25. The number of thioether (sulfide) groups is 1. The first-order chi connectivity index (χ1) is 10.3. The Morgan fingerprint density at radius 2 is 2.14 bits per heavy atom. The van der Waals surface area contributed by atoms with Gasteiger partial charge in [-0.1, -0.05) is 0 Å². The Kier molecular flexibility index (Phi) is 7.68. The summed E-state index contributed by atoms with van der Waals surface area (Å²) in [5, 5.41) is 7.64. The first-order valence-electron chi connectivity index (χ1n) is 8.12. The lowest BCUT2D eigenvalue weighted by molar-refractivity contribution is 0.144. The van der Waals surface area contributed by atoms with Crippen LogP contribution in [0, 0.1) is 0 Å². The lowest BCUT2D eigenvalue weighted by Crippen LogP contribution is -2.44. The minimum Gasteiger partial charge on any atom is -0.383 e. The minimum atomic E-state index is 0.758. The zero-order chi connectivity index (χ0) is 14.9. The van der Waals surface area contributed by atoms with Crippen molar-refractivity contribution in [3.05, 3.63) is 0 Å². The molecule has 2 rings (SSSR count). The summed E-state index contributed by atoms with van der Waals surface area (Å²) in [6.45, 7) is 4.89. The van der Waals surface area contributed by atoms with Crippen molar-refractivity contribution in [2.24, 2.45) is 4.99 Å². The Bertz CT molecular complexity index is 317. The highest BCUT2D eigenvalue weighted by atomic mass is 32.2. The highest BCUT2D eigenvalue weighted by Gasteiger charge is 2.28. The number of rotatable bonds is 9. The SMILES string of the molecule is CN=C(NCCN(CCOC)C1CC1)NCC1CCCS1. The molecule has 6 heteroatoms. The molecule has 1 heterocycles. The third-order valence-corrected chi connectivity index (χ3v) is 5.48. The Balaban J connectivity index is 1.60. The van der Waals surface area contributed by atoms with Gasteiger partial charge in [-0.05, 0) is 31.4 Å². The molecule has 2 fully saturated rings. The van der Waals surface area contributed by atoms with Gasteiger partial charge in [0.15, 0.2) is 5.96 Å². The van der Waals surface area contributed by atoms with E-state index in [1.807, 2.05) is 7.05 Å². The van der Waals surface area contributed by atoms with E-state index in [4.69, 9.17) is 4.74 Å². The topological polar surface area (TPSA) is 48.9 Å². The second-order valence-electron chi connectivity index (χ2n) is 5.77. The molecule has 0 aromatic heterocycles. The number of hydrogen-bond donors (Lipinski definition) is 2. The molecule has 5 nitrogen and oxygen atoms in total. The predicted molar refractivity (Wildman–Crippen MR) is 91.3 cm³/mol. The number of guanidine groups is 1. The fourth-order valence-corrected chi connectivity index (χ4v) is 3.88. The molecule has 1 saturated carbocycles. The third kappa shape index (κ3) is 6.45. The van der Waals surface area contributed by atoms with Gasteiger partial charge in [0.05, 0.1) is 6.61 Å². The van der Waals surface area contributed by atoms with E-state index in [1.165, 1.54) is 31.4 Å². The molecule has 1 aliphatic heterocycles. The van der Waals surface area contributed by atoms with Gasteiger partial charge in [-0.25, -0.2) is 0 Å². The van der Waals surface area contributed by atoms with Crippen LogP contribution >= 0.6 is 11.8 Å². The van der Waals surface area contributed by atoms with Gasteiger partial charge >= 0.3 is 0 Å². The van der Waals surface area contributed by atoms with E-state index < -0.39 is 0 Å². The highest BCUT2D eigenvalue weighted by Crippen LogP contribution is 2.26. The van der Waals surface area contributed by atoms with Gasteiger partial charge in [0.25, 0.3) is 0 Å². The maximum atomic E-state index is 5.19. The molecule has 0 amide bonds. The molecule has 0 bridgehead atoms. The number of ether oxygens (including phenoxy) is 1. The van der Waals surface area contributed by atoms with Crippen LogP contribution in [0.15, 0.2) is 4.99 Å². The summed E-state index contributed by atoms with van der Waals surface area (Å²) in [5.41, 5.74) is 0. The van der Waals surface area contributed by atoms with E-state index in [1.54, 1.807) is 7.11 Å². The van der Waals surface area contributed by atoms with Gasteiger partial charge in [-0.2, -0.15) is 11.8 Å². The van der Waals surface area contributed by atoms with Gasteiger partial charge < -0.3 is 15.4 Å². The van der Waals surface area contributed by atoms with Crippen molar-refractivity contribution >= 4 is 17.7 Å². The van der Waals surface area contributed by atoms with Crippen LogP contribution in [-0.2, 0) is 4.74 Å². The van der Waals surface area contributed by atoms with Crippen molar-refractivity contribution in [2.75, 3.05) is 52.7 Å². The van der Waals surface area contributed by atoms with E-state index in [0.717, 1.165) is 50.0 Å². The summed E-state index contributed by atoms with van der Waals surface area (Å²) in [7, 11) is 3.62. The van der Waals surface area contributed by atoms with Crippen LogP contribution in [0.1, 0.15) is 25.7 Å². The van der Waals surface area contributed by atoms with Crippen LogP contribution in [0.4, 0.5) is 0 Å². The molecule has 0 spiro atoms. The van der Waals surface area contributed by atoms with Gasteiger partial charge in [-0.3, -0.25) is 9.89 Å². The van der Waals surface area contributed by atoms with Crippen molar-refractivity contribution in [3.63, 3.8) is 0 Å². The molecule has 2 N–H and O–H groups in total. The minimum absolute atomic E-state index is 0.758. The number of aliphatic imine (C=N–C) groups is 1. The summed E-state index contributed by atoms with van der Waals surface area (Å²) in [6, 6.07) is 0.784. The molecule has 1 atom stereocenters. The highest BCUT2D eigenvalue weighted by molar-refractivity contribution is 8.00. The Morgan fingerprint density at radius 1 is 1.29 bits per heavy atom. The molecule has 0 radical (unpaired) electrons. The number of hydrogen-bond acceptors (Lipinski definition) is 4. The van der Waals surface area contributed by atoms with E-state index in [0.29, 0.717) is 0 Å². The third-order valence-electron chi connectivity index (χ3n) is 4.08. The van der Waals surface area contributed by atoms with Crippen LogP contribution < -0.4 is 10.6 Å². The Hall–Kier alpha value is -0.460. The van der Waals surface area contributed by atoms with E-state index in [-0.39, 0.29) is 0 Å². The molecule has 0 aromatic carbocycles. The predicted octanol–water partition coefficient (Wildman–Crippen LogP) is 1.16. The smallest absolute Gasteiger partial charge is 0.191 e. The Labute approximate surface area is 133 Å². The number of nitrogens with one attached hydrogen (secondary N) is 2. The first kappa shape index (κ1) is 16.9. The normalized spacial score (nSPS) is 22.8. The zero-order valence-electron chi connectivity index (χ0n) is 13.4. The van der Waals surface area contributed by atoms with Crippen LogP contribution in [0.5, 0.6) is 0 Å². The van der Waals surface area contributed by atoms with Crippen LogP contribution in [-0.4, -0.2) is 74.8 Å². The monoisotopic (exact) mass is 314 g/mol. The fourth-order valence-electron chi connectivity index (χ4n) is 2.68. The molecule has 2 aliphatic rings. The number of nitrogens with zero attached hydrogens (tertiary/aromatic N) is 2. The average molecular weight is 314 g/mol. The quantitative estimate of drug-likeness (QED) is 0.494. The second kappa shape index (κ2) is 9.54. The van der Waals surface area contributed by atoms with Crippen molar-refractivity contribution in [3.8, 4) is 0 Å². The summed E-state index contributed by atoms with van der Waals surface area (Å²) in [4.78, 5) is 6.83. The molecule has 1 saturated heterocycles. The van der Waals surface area contributed by atoms with Gasteiger partial charge in [0.1, 0.15) is 0 Å². The summed E-state index contributed by atoms with van der Waals surface area (Å²) >= 11 is 2.08. The van der Waals surface area contributed by atoms with Crippen molar-refractivity contribution in [1.29, 1.82) is 0 Å². The van der Waals surface area contributed by atoms with E-state index in [9.17, 15) is 0 Å². The Morgan fingerprint density at radius 3 is 2.76 bits per heavy atom. The standard InChI is InChI=1S/C15H30N4OS/c1-16-15(18-12-14-4-3-11-21-14)17-7-8-19(9-10-20-2)13-5-6-13/h13-14H,3-12H2,1-2H3,(H2,16,17,18). The molecular formula is C15H30N4OS. The lowest BCUT2D eigenvalue weighted by atomic mass is 10.2. The average Bonchev–Trinajstić information content (AvgIpc) is 3.21. The van der Waals surface area contributed by atoms with Crippen molar-refractivity contribution < 1.29 is 4.74 Å². The lowest BCUT2D eigenvalue weighted by Gasteiger charge is -2.22. The van der Waals surface area contributed by atoms with Crippen molar-refractivity contribution in [2.45, 2.75) is 37.0 Å². The maximum Gasteiger partial charge on any atom is 0.191 e. The summed E-state index contributed by atoms with van der Waals surface area (Å²) in [6.07, 6.45) is 5.38. The van der Waals surface area contributed by atoms with Crippen LogP contribution in [0.2, 0.25) is 0 Å². The van der Waals surface area contributed by atoms with Crippen molar-refractivity contribution in [1.82, 2.24) is 15.5 Å². The molecular weight excluding hydrogens is 284 g/mol. The van der Waals surface area contributed by atoms with E-state index in [2.05, 4.69) is 32.3 Å². The van der Waals surface area contributed by atoms with Crippen LogP contribution in [0.25, 0.3) is 0 Å². The molecule has 122 valence electrons. The number of methoxy groups -OCH3 is 1.